The number of likely N-dealkylation sites (tertiary alicyclic amines) is 1. The van der Waals surface area contributed by atoms with E-state index in [1.165, 1.54) is 6.07 Å². The molecule has 2 saturated heterocycles. The highest BCUT2D eigenvalue weighted by atomic mass is 79.9. The fourth-order valence-corrected chi connectivity index (χ4v) is 3.49. The van der Waals surface area contributed by atoms with Crippen LogP contribution >= 0.6 is 15.9 Å². The predicted molar refractivity (Wildman–Crippen MR) is 76.2 cm³/mol. The third-order valence-corrected chi connectivity index (χ3v) is 5.06. The van der Waals surface area contributed by atoms with Gasteiger partial charge in [-0.2, -0.15) is 0 Å². The third-order valence-electron chi connectivity index (χ3n) is 4.39. The van der Waals surface area contributed by atoms with Gasteiger partial charge in [0.25, 0.3) is 5.91 Å². The molecular formula is C14H17BrN2O2. The van der Waals surface area contributed by atoms with Crippen LogP contribution in [0.4, 0.5) is 0 Å². The van der Waals surface area contributed by atoms with E-state index in [1.54, 1.807) is 12.1 Å². The maximum Gasteiger partial charge on any atom is 0.254 e. The summed E-state index contributed by atoms with van der Waals surface area (Å²) in [5.41, 5.74) is 0.556. The van der Waals surface area contributed by atoms with Crippen LogP contribution in [-0.2, 0) is 0 Å². The van der Waals surface area contributed by atoms with Crippen LogP contribution in [0.15, 0.2) is 22.7 Å². The van der Waals surface area contributed by atoms with Crippen molar-refractivity contribution < 1.29 is 9.90 Å². The molecule has 19 heavy (non-hydrogen) atoms. The number of hydrogen-bond donors (Lipinski definition) is 2. The Balaban J connectivity index is 1.82. The Morgan fingerprint density at radius 2 is 2.26 bits per heavy atom. The lowest BCUT2D eigenvalue weighted by molar-refractivity contribution is 0.0728. The second-order valence-corrected chi connectivity index (χ2v) is 6.30. The van der Waals surface area contributed by atoms with E-state index >= 15 is 0 Å². The number of amides is 1. The molecule has 4 nitrogen and oxygen atoms in total. The molecule has 2 heterocycles. The Morgan fingerprint density at radius 3 is 2.95 bits per heavy atom. The first-order chi connectivity index (χ1) is 9.08. The summed E-state index contributed by atoms with van der Waals surface area (Å²) in [4.78, 5) is 14.5. The molecule has 1 aromatic rings. The number of nitrogens with one attached hydrogen (secondary N) is 1. The zero-order valence-corrected chi connectivity index (χ0v) is 12.4. The van der Waals surface area contributed by atoms with Crippen molar-refractivity contribution in [3.8, 4) is 5.75 Å². The van der Waals surface area contributed by atoms with Crippen molar-refractivity contribution in [1.82, 2.24) is 10.2 Å². The van der Waals surface area contributed by atoms with Gasteiger partial charge in [0, 0.05) is 31.2 Å². The number of halogens is 1. The van der Waals surface area contributed by atoms with Gasteiger partial charge in [0.1, 0.15) is 5.75 Å². The highest BCUT2D eigenvalue weighted by Gasteiger charge is 2.43. The van der Waals surface area contributed by atoms with Crippen LogP contribution in [-0.4, -0.2) is 41.6 Å². The van der Waals surface area contributed by atoms with E-state index in [1.807, 2.05) is 4.90 Å². The van der Waals surface area contributed by atoms with Crippen LogP contribution < -0.4 is 5.32 Å². The van der Waals surface area contributed by atoms with E-state index in [-0.39, 0.29) is 17.7 Å². The molecule has 1 amide bonds. The van der Waals surface area contributed by atoms with Crippen LogP contribution in [0.1, 0.15) is 17.3 Å². The molecular weight excluding hydrogens is 308 g/mol. The van der Waals surface area contributed by atoms with Gasteiger partial charge < -0.3 is 15.3 Å². The normalized spacial score (nSPS) is 29.6. The van der Waals surface area contributed by atoms with Crippen molar-refractivity contribution in [2.75, 3.05) is 19.6 Å². The van der Waals surface area contributed by atoms with E-state index in [0.717, 1.165) is 19.6 Å². The molecule has 2 aliphatic heterocycles. The van der Waals surface area contributed by atoms with Gasteiger partial charge in [-0.1, -0.05) is 0 Å². The number of carbonyl (C=O) groups is 1. The van der Waals surface area contributed by atoms with E-state index in [4.69, 9.17) is 0 Å². The average Bonchev–Trinajstić information content (AvgIpc) is 2.95. The lowest BCUT2D eigenvalue weighted by atomic mass is 9.95. The molecule has 0 spiro atoms. The third kappa shape index (κ3) is 2.15. The number of benzene rings is 1. The van der Waals surface area contributed by atoms with Gasteiger partial charge in [0.05, 0.1) is 4.47 Å². The molecule has 1 aromatic carbocycles. The van der Waals surface area contributed by atoms with E-state index in [0.29, 0.717) is 21.9 Å². The zero-order valence-electron chi connectivity index (χ0n) is 10.8. The number of phenolic OH excluding ortho intramolecular Hbond substituents is 1. The number of carbonyl (C=O) groups excluding carboxylic acids is 1. The summed E-state index contributed by atoms with van der Waals surface area (Å²) < 4.78 is 0.611. The summed E-state index contributed by atoms with van der Waals surface area (Å²) in [5.74, 6) is 1.26. The highest BCUT2D eigenvalue weighted by Crippen LogP contribution is 2.34. The smallest absolute Gasteiger partial charge is 0.254 e. The van der Waals surface area contributed by atoms with Crippen molar-refractivity contribution in [3.05, 3.63) is 28.2 Å². The molecule has 2 N–H and O–H groups in total. The first-order valence-electron chi connectivity index (χ1n) is 6.58. The van der Waals surface area contributed by atoms with Gasteiger partial charge in [-0.25, -0.2) is 0 Å². The number of aromatic hydroxyl groups is 1. The molecule has 0 saturated carbocycles. The SMILES string of the molecule is CC1C2CNCC2CN1C(=O)c1ccc(Br)c(O)c1. The van der Waals surface area contributed by atoms with E-state index in [2.05, 4.69) is 28.2 Å². The second-order valence-electron chi connectivity index (χ2n) is 5.45. The van der Waals surface area contributed by atoms with Crippen LogP contribution in [0.5, 0.6) is 5.75 Å². The first-order valence-corrected chi connectivity index (χ1v) is 7.37. The Bertz CT molecular complexity index is 520. The van der Waals surface area contributed by atoms with Crippen molar-refractivity contribution in [3.63, 3.8) is 0 Å². The van der Waals surface area contributed by atoms with Gasteiger partial charge in [-0.15, -0.1) is 0 Å². The van der Waals surface area contributed by atoms with Crippen molar-refractivity contribution in [1.29, 1.82) is 0 Å². The predicted octanol–water partition coefficient (Wildman–Crippen LogP) is 1.83. The minimum Gasteiger partial charge on any atom is -0.507 e. The summed E-state index contributed by atoms with van der Waals surface area (Å²) in [7, 11) is 0. The summed E-state index contributed by atoms with van der Waals surface area (Å²) in [5, 5.41) is 13.1. The van der Waals surface area contributed by atoms with Gasteiger partial charge in [0.15, 0.2) is 0 Å². The quantitative estimate of drug-likeness (QED) is 0.828. The fraction of sp³-hybridized carbons (Fsp3) is 0.500. The topological polar surface area (TPSA) is 52.6 Å². The lowest BCUT2D eigenvalue weighted by Gasteiger charge is -2.24. The Morgan fingerprint density at radius 1 is 1.47 bits per heavy atom. The molecule has 0 bridgehead atoms. The van der Waals surface area contributed by atoms with Gasteiger partial charge >= 0.3 is 0 Å². The maximum absolute atomic E-state index is 12.5. The zero-order chi connectivity index (χ0) is 13.6. The minimum atomic E-state index is 0.0182. The van der Waals surface area contributed by atoms with Gasteiger partial charge in [-0.3, -0.25) is 4.79 Å². The molecule has 0 aliphatic carbocycles. The Hall–Kier alpha value is -1.07. The standard InChI is InChI=1S/C14H17BrN2O2/c1-8-11-6-16-5-10(11)7-17(8)14(19)9-2-3-12(15)13(18)4-9/h2-4,8,10-11,16,18H,5-7H2,1H3. The number of rotatable bonds is 1. The van der Waals surface area contributed by atoms with Crippen LogP contribution in [0.3, 0.4) is 0 Å². The highest BCUT2D eigenvalue weighted by molar-refractivity contribution is 9.10. The summed E-state index contributed by atoms with van der Waals surface area (Å²) in [6, 6.07) is 5.26. The van der Waals surface area contributed by atoms with E-state index in [9.17, 15) is 9.90 Å². The molecule has 3 atom stereocenters. The first kappa shape index (κ1) is 12.9. The molecule has 102 valence electrons. The summed E-state index contributed by atoms with van der Waals surface area (Å²) in [6.45, 7) is 4.94. The molecule has 2 fully saturated rings. The largest absolute Gasteiger partial charge is 0.507 e. The number of nitrogens with zero attached hydrogens (tertiary/aromatic N) is 1. The summed E-state index contributed by atoms with van der Waals surface area (Å²) >= 11 is 3.23. The van der Waals surface area contributed by atoms with Crippen LogP contribution in [0.25, 0.3) is 0 Å². The van der Waals surface area contributed by atoms with Gasteiger partial charge in [0.2, 0.25) is 0 Å². The molecule has 0 radical (unpaired) electrons. The number of fused-ring (bicyclic) bond motifs is 1. The summed E-state index contributed by atoms with van der Waals surface area (Å²) in [6.07, 6.45) is 0. The number of hydrogen-bond acceptors (Lipinski definition) is 3. The Labute approximate surface area is 120 Å². The lowest BCUT2D eigenvalue weighted by Crippen LogP contribution is -2.38. The molecule has 3 rings (SSSR count). The fourth-order valence-electron chi connectivity index (χ4n) is 3.25. The van der Waals surface area contributed by atoms with Crippen molar-refractivity contribution in [2.45, 2.75) is 13.0 Å². The molecule has 3 unspecified atom stereocenters. The van der Waals surface area contributed by atoms with Crippen LogP contribution in [0, 0.1) is 11.8 Å². The molecule has 5 heteroatoms. The second kappa shape index (κ2) is 4.80. The van der Waals surface area contributed by atoms with E-state index < -0.39 is 0 Å². The van der Waals surface area contributed by atoms with Gasteiger partial charge in [-0.05, 0) is 52.9 Å². The average molecular weight is 325 g/mol. The Kier molecular flexibility index (Phi) is 3.27. The molecule has 2 aliphatic rings. The minimum absolute atomic E-state index is 0.0182. The monoisotopic (exact) mass is 324 g/mol. The van der Waals surface area contributed by atoms with Crippen LogP contribution in [0.2, 0.25) is 0 Å². The van der Waals surface area contributed by atoms with Crippen molar-refractivity contribution >= 4 is 21.8 Å². The maximum atomic E-state index is 12.5. The number of phenols is 1. The molecule has 0 aromatic heterocycles. The van der Waals surface area contributed by atoms with Crippen molar-refractivity contribution in [2.24, 2.45) is 11.8 Å².